The molecule has 1 N–H and O–H groups in total. The van der Waals surface area contributed by atoms with Gasteiger partial charge in [-0.15, -0.1) is 0 Å². The van der Waals surface area contributed by atoms with E-state index in [1.54, 1.807) is 6.07 Å². The Balaban J connectivity index is 2.08. The average molecular weight is 402 g/mol. The van der Waals surface area contributed by atoms with Crippen molar-refractivity contribution in [2.45, 2.75) is 40.2 Å². The van der Waals surface area contributed by atoms with E-state index in [9.17, 15) is 4.79 Å². The van der Waals surface area contributed by atoms with Crippen molar-refractivity contribution in [3.8, 4) is 0 Å². The van der Waals surface area contributed by atoms with E-state index in [1.165, 1.54) is 0 Å². The molecule has 0 aliphatic carbocycles. The number of halogens is 1. The number of H-pyrrole nitrogens is 1. The number of pyridine rings is 1. The molecule has 1 aliphatic rings. The highest BCUT2D eigenvalue weighted by molar-refractivity contribution is 6.31. The quantitative estimate of drug-likeness (QED) is 0.745. The molecule has 1 unspecified atom stereocenters. The van der Waals surface area contributed by atoms with Crippen LogP contribution in [-0.4, -0.2) is 31.8 Å². The van der Waals surface area contributed by atoms with Crippen molar-refractivity contribution in [3.63, 3.8) is 0 Å². The number of benzene rings is 1. The molecule has 1 aromatic heterocycles. The summed E-state index contributed by atoms with van der Waals surface area (Å²) in [5.74, 6) is 0.531. The van der Waals surface area contributed by atoms with Crippen molar-refractivity contribution in [2.24, 2.45) is 5.92 Å². The third kappa shape index (κ3) is 4.51. The first kappa shape index (κ1) is 21.1. The van der Waals surface area contributed by atoms with Gasteiger partial charge in [-0.25, -0.2) is 0 Å². The second-order valence-corrected chi connectivity index (χ2v) is 8.81. The van der Waals surface area contributed by atoms with E-state index >= 15 is 0 Å². The molecule has 1 fully saturated rings. The molecule has 150 valence electrons. The number of hydrogen-bond acceptors (Lipinski definition) is 2. The molecular formula is C23H30ClN2O2+. The number of hydrogen-bond donors (Lipinski definition) is 1. The van der Waals surface area contributed by atoms with Crippen LogP contribution < -0.4 is 10.0 Å². The topological polar surface area (TPSA) is 42.1 Å². The maximum Gasteiger partial charge on any atom is 0.257 e. The molecule has 2 radical (unpaired) electrons. The molecule has 0 amide bonds. The van der Waals surface area contributed by atoms with Crippen molar-refractivity contribution in [1.82, 2.24) is 9.47 Å². The SMILES string of the molecule is [CH]c1cc(Cl)cc([N+](C)(Cc2c(C)cc(C)[nH]c2=O)CC2CCOCC2)c1C. The summed E-state index contributed by atoms with van der Waals surface area (Å²) in [7, 11) is 2.19. The summed E-state index contributed by atoms with van der Waals surface area (Å²) in [6.07, 6.45) is 2.07. The average Bonchev–Trinajstić information content (AvgIpc) is 2.62. The van der Waals surface area contributed by atoms with Gasteiger partial charge >= 0.3 is 0 Å². The Morgan fingerprint density at radius 3 is 2.54 bits per heavy atom. The normalized spacial score (nSPS) is 17.5. The van der Waals surface area contributed by atoms with Gasteiger partial charge in [-0.2, -0.15) is 0 Å². The molecule has 0 spiro atoms. The first-order chi connectivity index (χ1) is 13.2. The van der Waals surface area contributed by atoms with Gasteiger partial charge in [-0.3, -0.25) is 9.28 Å². The molecule has 1 aliphatic heterocycles. The molecule has 5 heteroatoms. The monoisotopic (exact) mass is 401 g/mol. The van der Waals surface area contributed by atoms with E-state index < -0.39 is 0 Å². The Labute approximate surface area is 173 Å². The smallest absolute Gasteiger partial charge is 0.257 e. The highest BCUT2D eigenvalue weighted by atomic mass is 35.5. The van der Waals surface area contributed by atoms with Crippen LogP contribution in [0.1, 0.15) is 40.8 Å². The first-order valence-electron chi connectivity index (χ1n) is 9.87. The predicted molar refractivity (Wildman–Crippen MR) is 116 cm³/mol. The number of quaternary nitrogens is 1. The largest absolute Gasteiger partial charge is 0.381 e. The standard InChI is InChI=1S/C23H29ClN2O2/c1-15-11-20(24)12-22(18(15)4)26(5,13-19-6-8-28-9-7-19)14-21-16(2)10-17(3)25-23(21)27/h1,10-12,19H,6-9,13-14H2,2-5H3/p+1. The van der Waals surface area contributed by atoms with Gasteiger partial charge in [0, 0.05) is 41.5 Å². The lowest BCUT2D eigenvalue weighted by Crippen LogP contribution is -2.50. The molecule has 2 heterocycles. The number of nitrogens with zero attached hydrogens (tertiary/aromatic N) is 1. The van der Waals surface area contributed by atoms with E-state index in [1.807, 2.05) is 32.9 Å². The second-order valence-electron chi connectivity index (χ2n) is 8.37. The third-order valence-corrected chi connectivity index (χ3v) is 6.19. The number of nitrogens with one attached hydrogen (secondary N) is 1. The molecule has 1 saturated heterocycles. The number of ether oxygens (including phenoxy) is 1. The molecule has 0 saturated carbocycles. The van der Waals surface area contributed by atoms with Gasteiger partial charge in [0.15, 0.2) is 0 Å². The zero-order valence-electron chi connectivity index (χ0n) is 17.3. The maximum atomic E-state index is 12.7. The summed E-state index contributed by atoms with van der Waals surface area (Å²) in [5.41, 5.74) is 5.50. The lowest BCUT2D eigenvalue weighted by atomic mass is 9.95. The van der Waals surface area contributed by atoms with Gasteiger partial charge < -0.3 is 9.72 Å². The van der Waals surface area contributed by atoms with E-state index in [4.69, 9.17) is 23.3 Å². The van der Waals surface area contributed by atoms with Crippen molar-refractivity contribution in [3.05, 3.63) is 68.4 Å². The summed E-state index contributed by atoms with van der Waals surface area (Å²) in [5, 5.41) is 0.629. The number of aromatic amines is 1. The van der Waals surface area contributed by atoms with Crippen LogP contribution in [0.3, 0.4) is 0 Å². The Bertz CT molecular complexity index is 916. The third-order valence-electron chi connectivity index (χ3n) is 5.97. The van der Waals surface area contributed by atoms with Crippen LogP contribution in [0, 0.1) is 33.6 Å². The lowest BCUT2D eigenvalue weighted by molar-refractivity contribution is 0.0554. The van der Waals surface area contributed by atoms with Gasteiger partial charge in [0.25, 0.3) is 5.56 Å². The van der Waals surface area contributed by atoms with Gasteiger partial charge in [-0.05, 0) is 63.8 Å². The molecule has 2 aromatic rings. The number of aryl methyl sites for hydroxylation is 2. The highest BCUT2D eigenvalue weighted by Crippen LogP contribution is 2.35. The number of aromatic nitrogens is 1. The molecule has 28 heavy (non-hydrogen) atoms. The van der Waals surface area contributed by atoms with Crippen LogP contribution in [0.15, 0.2) is 23.0 Å². The van der Waals surface area contributed by atoms with E-state index in [-0.39, 0.29) is 5.56 Å². The minimum atomic E-state index is -0.0125. The van der Waals surface area contributed by atoms with Gasteiger partial charge in [-0.1, -0.05) is 11.6 Å². The Morgan fingerprint density at radius 1 is 1.21 bits per heavy atom. The molecule has 4 nitrogen and oxygen atoms in total. The Hall–Kier alpha value is -1.62. The fraction of sp³-hybridized carbons (Fsp3) is 0.478. The Morgan fingerprint density at radius 2 is 1.89 bits per heavy atom. The van der Waals surface area contributed by atoms with Crippen molar-refractivity contribution in [1.29, 1.82) is 0 Å². The summed E-state index contributed by atoms with van der Waals surface area (Å²) < 4.78 is 6.14. The zero-order chi connectivity index (χ0) is 20.5. The maximum absolute atomic E-state index is 12.7. The second kappa shape index (κ2) is 8.40. The fourth-order valence-electron chi connectivity index (χ4n) is 4.42. The minimum absolute atomic E-state index is 0.0125. The predicted octanol–water partition coefficient (Wildman–Crippen LogP) is 4.58. The zero-order valence-corrected chi connectivity index (χ0v) is 18.0. The molecule has 1 atom stereocenters. The van der Waals surface area contributed by atoms with Gasteiger partial charge in [0.05, 0.1) is 19.2 Å². The van der Waals surface area contributed by atoms with Crippen LogP contribution in [0.2, 0.25) is 5.02 Å². The first-order valence-corrected chi connectivity index (χ1v) is 10.3. The molecule has 0 bridgehead atoms. The summed E-state index contributed by atoms with van der Waals surface area (Å²) in [6, 6.07) is 5.84. The van der Waals surface area contributed by atoms with Crippen molar-refractivity contribution in [2.75, 3.05) is 26.8 Å². The number of rotatable bonds is 5. The molecule has 1 aromatic carbocycles. The van der Waals surface area contributed by atoms with Crippen LogP contribution >= 0.6 is 11.6 Å². The van der Waals surface area contributed by atoms with E-state index in [2.05, 4.69) is 12.0 Å². The van der Waals surface area contributed by atoms with Crippen molar-refractivity contribution < 1.29 is 4.74 Å². The summed E-state index contributed by atoms with van der Waals surface area (Å²) >= 11 is 6.38. The lowest BCUT2D eigenvalue weighted by Gasteiger charge is -2.39. The van der Waals surface area contributed by atoms with E-state index in [0.29, 0.717) is 27.5 Å². The molecular weight excluding hydrogens is 372 g/mol. The summed E-state index contributed by atoms with van der Waals surface area (Å²) in [4.78, 5) is 15.7. The van der Waals surface area contributed by atoms with Gasteiger partial charge in [0.1, 0.15) is 12.2 Å². The van der Waals surface area contributed by atoms with Crippen molar-refractivity contribution >= 4 is 17.3 Å². The highest BCUT2D eigenvalue weighted by Gasteiger charge is 2.34. The fourth-order valence-corrected chi connectivity index (χ4v) is 4.64. The van der Waals surface area contributed by atoms with Gasteiger partial charge in [0.2, 0.25) is 0 Å². The van der Waals surface area contributed by atoms with Crippen LogP contribution in [0.25, 0.3) is 0 Å². The van der Waals surface area contributed by atoms with Crippen LogP contribution in [-0.2, 0) is 11.3 Å². The minimum Gasteiger partial charge on any atom is -0.381 e. The van der Waals surface area contributed by atoms with Crippen LogP contribution in [0.5, 0.6) is 0 Å². The Kier molecular flexibility index (Phi) is 6.33. The van der Waals surface area contributed by atoms with Crippen LogP contribution in [0.4, 0.5) is 5.69 Å². The van der Waals surface area contributed by atoms with E-state index in [0.717, 1.165) is 60.7 Å². The molecule has 3 rings (SSSR count). The summed E-state index contributed by atoms with van der Waals surface area (Å²) in [6.45, 7) is 15.3.